The Bertz CT molecular complexity index is 822. The smallest absolute Gasteiger partial charge is 0.328 e. The number of methoxy groups -OCH3 is 4. The molecule has 1 aromatic rings. The number of aliphatic carboxylic acids is 1. The molecule has 2 amide bonds. The molecule has 184 valence electrons. The minimum Gasteiger partial charge on any atom is -0.493 e. The van der Waals surface area contributed by atoms with Crippen LogP contribution in [0.3, 0.4) is 0 Å². The van der Waals surface area contributed by atoms with Crippen molar-refractivity contribution < 1.29 is 43.2 Å². The van der Waals surface area contributed by atoms with Crippen LogP contribution in [0.4, 0.5) is 0 Å². The zero-order valence-electron chi connectivity index (χ0n) is 19.3. The highest BCUT2D eigenvalue weighted by Crippen LogP contribution is 2.38. The van der Waals surface area contributed by atoms with E-state index in [1.54, 1.807) is 0 Å². The summed E-state index contributed by atoms with van der Waals surface area (Å²) in [5.41, 5.74) is 0.101. The molecule has 0 spiro atoms. The quantitative estimate of drug-likeness (QED) is 0.326. The average Bonchev–Trinajstić information content (AvgIpc) is 2.81. The zero-order valence-corrected chi connectivity index (χ0v) is 20.1. The first-order valence-electron chi connectivity index (χ1n) is 9.92. The number of thioether (sulfide) groups is 1. The zero-order chi connectivity index (χ0) is 25.0. The third-order valence-electron chi connectivity index (χ3n) is 4.61. The summed E-state index contributed by atoms with van der Waals surface area (Å²) in [6, 6.07) is 0.659. The van der Waals surface area contributed by atoms with Gasteiger partial charge in [-0.25, -0.2) is 4.79 Å². The SMILES string of the molecule is COC(=O)[C@@H](CCSC)NC(=O)[C@H](CCC(=O)O)NC(=O)c1cc(OC)c(OC)c(OC)c1. The molecule has 11 nitrogen and oxygen atoms in total. The first kappa shape index (κ1) is 27.9. The Morgan fingerprint density at radius 3 is 2.00 bits per heavy atom. The van der Waals surface area contributed by atoms with Crippen molar-refractivity contribution in [3.05, 3.63) is 17.7 Å². The normalized spacial score (nSPS) is 12.2. The van der Waals surface area contributed by atoms with Gasteiger partial charge in [0.25, 0.3) is 5.91 Å². The van der Waals surface area contributed by atoms with E-state index < -0.39 is 35.8 Å². The van der Waals surface area contributed by atoms with Gasteiger partial charge >= 0.3 is 11.9 Å². The number of benzene rings is 1. The Morgan fingerprint density at radius 1 is 0.939 bits per heavy atom. The molecular formula is C21H30N2O9S. The van der Waals surface area contributed by atoms with Crippen LogP contribution < -0.4 is 24.8 Å². The number of carbonyl (C=O) groups excluding carboxylic acids is 3. The summed E-state index contributed by atoms with van der Waals surface area (Å²) in [5, 5.41) is 14.1. The number of carbonyl (C=O) groups is 4. The number of carboxylic acids is 1. The number of rotatable bonds is 14. The third-order valence-corrected chi connectivity index (χ3v) is 5.25. The van der Waals surface area contributed by atoms with Gasteiger partial charge in [-0.1, -0.05) is 0 Å². The number of hydrogen-bond donors (Lipinski definition) is 3. The number of nitrogens with one attached hydrogen (secondary N) is 2. The van der Waals surface area contributed by atoms with Gasteiger partial charge in [0.05, 0.1) is 28.4 Å². The molecule has 0 aromatic heterocycles. The maximum Gasteiger partial charge on any atom is 0.328 e. The van der Waals surface area contributed by atoms with E-state index in [-0.39, 0.29) is 35.7 Å². The standard InChI is InChI=1S/C21H30N2O9S/c1-29-15-10-12(11-16(30-2)18(15)31-3)19(26)22-13(6-7-17(24)25)20(27)23-14(8-9-33-5)21(28)32-4/h10-11,13-14H,6-9H2,1-5H3,(H,22,26)(H,23,27)(H,24,25)/t13-,14+/m0/s1. The van der Waals surface area contributed by atoms with Gasteiger partial charge in [0.2, 0.25) is 11.7 Å². The van der Waals surface area contributed by atoms with E-state index >= 15 is 0 Å². The van der Waals surface area contributed by atoms with Crippen LogP contribution in [0.1, 0.15) is 29.6 Å². The molecule has 3 N–H and O–H groups in total. The van der Waals surface area contributed by atoms with Crippen molar-refractivity contribution in [2.45, 2.75) is 31.3 Å². The van der Waals surface area contributed by atoms with Crippen molar-refractivity contribution in [2.75, 3.05) is 40.4 Å². The molecule has 0 aliphatic heterocycles. The van der Waals surface area contributed by atoms with E-state index in [2.05, 4.69) is 10.6 Å². The van der Waals surface area contributed by atoms with Gasteiger partial charge < -0.3 is 34.7 Å². The molecule has 0 radical (unpaired) electrons. The van der Waals surface area contributed by atoms with Crippen LogP contribution in [0.15, 0.2) is 12.1 Å². The van der Waals surface area contributed by atoms with E-state index in [0.29, 0.717) is 12.2 Å². The van der Waals surface area contributed by atoms with E-state index in [1.165, 1.54) is 52.3 Å². The van der Waals surface area contributed by atoms with Crippen LogP contribution in [0.25, 0.3) is 0 Å². The van der Waals surface area contributed by atoms with Crippen molar-refractivity contribution in [1.82, 2.24) is 10.6 Å². The minimum atomic E-state index is -1.21. The molecule has 0 saturated heterocycles. The summed E-state index contributed by atoms with van der Waals surface area (Å²) in [7, 11) is 5.41. The second-order valence-corrected chi connectivity index (χ2v) is 7.72. The topological polar surface area (TPSA) is 149 Å². The second kappa shape index (κ2) is 14.1. The Kier molecular flexibility index (Phi) is 11.9. The van der Waals surface area contributed by atoms with Gasteiger partial charge in [0, 0.05) is 12.0 Å². The lowest BCUT2D eigenvalue weighted by atomic mass is 10.1. The minimum absolute atomic E-state index is 0.101. The Labute approximate surface area is 196 Å². The van der Waals surface area contributed by atoms with Crippen LogP contribution in [0, 0.1) is 0 Å². The number of hydrogen-bond acceptors (Lipinski definition) is 9. The molecule has 12 heteroatoms. The molecule has 0 aliphatic carbocycles. The maximum atomic E-state index is 12.9. The summed E-state index contributed by atoms with van der Waals surface area (Å²) >= 11 is 1.48. The van der Waals surface area contributed by atoms with Crippen LogP contribution in [0.2, 0.25) is 0 Å². The van der Waals surface area contributed by atoms with Gasteiger partial charge in [-0.3, -0.25) is 14.4 Å². The molecule has 0 saturated carbocycles. The fourth-order valence-electron chi connectivity index (χ4n) is 2.89. The van der Waals surface area contributed by atoms with Crippen molar-refractivity contribution in [3.8, 4) is 17.2 Å². The van der Waals surface area contributed by atoms with Crippen LogP contribution in [-0.4, -0.2) is 81.4 Å². The Hall–Kier alpha value is -3.15. The molecule has 33 heavy (non-hydrogen) atoms. The highest BCUT2D eigenvalue weighted by Gasteiger charge is 2.28. The van der Waals surface area contributed by atoms with E-state index in [1.807, 2.05) is 6.26 Å². The van der Waals surface area contributed by atoms with Crippen molar-refractivity contribution >= 4 is 35.5 Å². The van der Waals surface area contributed by atoms with Gasteiger partial charge in [-0.2, -0.15) is 11.8 Å². The highest BCUT2D eigenvalue weighted by molar-refractivity contribution is 7.98. The lowest BCUT2D eigenvalue weighted by molar-refractivity contribution is -0.145. The average molecular weight is 487 g/mol. The molecule has 2 atom stereocenters. The summed E-state index contributed by atoms with van der Waals surface area (Å²) in [6.07, 6.45) is 1.60. The van der Waals surface area contributed by atoms with Gasteiger partial charge in [-0.15, -0.1) is 0 Å². The number of amides is 2. The van der Waals surface area contributed by atoms with Gasteiger partial charge in [0.1, 0.15) is 12.1 Å². The summed E-state index contributed by atoms with van der Waals surface area (Å²) in [5.74, 6) is -1.81. The monoisotopic (exact) mass is 486 g/mol. The maximum absolute atomic E-state index is 12.9. The molecule has 1 aromatic carbocycles. The number of esters is 1. The first-order valence-corrected chi connectivity index (χ1v) is 11.3. The molecule has 0 heterocycles. The van der Waals surface area contributed by atoms with E-state index in [0.717, 1.165) is 0 Å². The van der Waals surface area contributed by atoms with Crippen molar-refractivity contribution in [3.63, 3.8) is 0 Å². The Balaban J connectivity index is 3.14. The highest BCUT2D eigenvalue weighted by atomic mass is 32.2. The molecule has 0 unspecified atom stereocenters. The largest absolute Gasteiger partial charge is 0.493 e. The third kappa shape index (κ3) is 8.37. The predicted molar refractivity (Wildman–Crippen MR) is 121 cm³/mol. The van der Waals surface area contributed by atoms with Gasteiger partial charge in [-0.05, 0) is 37.0 Å². The lowest BCUT2D eigenvalue weighted by Crippen LogP contribution is -2.52. The summed E-state index contributed by atoms with van der Waals surface area (Å²) < 4.78 is 20.4. The van der Waals surface area contributed by atoms with Crippen LogP contribution in [-0.2, 0) is 19.1 Å². The van der Waals surface area contributed by atoms with Crippen LogP contribution in [0.5, 0.6) is 17.2 Å². The summed E-state index contributed by atoms with van der Waals surface area (Å²) in [6.45, 7) is 0. The fourth-order valence-corrected chi connectivity index (χ4v) is 3.36. The van der Waals surface area contributed by atoms with Crippen LogP contribution >= 0.6 is 11.8 Å². The molecule has 1 rings (SSSR count). The van der Waals surface area contributed by atoms with E-state index in [9.17, 15) is 19.2 Å². The first-order chi connectivity index (χ1) is 15.7. The molecule has 0 aliphatic rings. The van der Waals surface area contributed by atoms with Gasteiger partial charge in [0.15, 0.2) is 11.5 Å². The molecule has 0 fully saturated rings. The summed E-state index contributed by atoms with van der Waals surface area (Å²) in [4.78, 5) is 48.9. The number of carboxylic acid groups (broad SMARTS) is 1. The van der Waals surface area contributed by atoms with Crippen molar-refractivity contribution in [1.29, 1.82) is 0 Å². The van der Waals surface area contributed by atoms with E-state index in [4.69, 9.17) is 24.1 Å². The lowest BCUT2D eigenvalue weighted by Gasteiger charge is -2.22. The van der Waals surface area contributed by atoms with Crippen molar-refractivity contribution in [2.24, 2.45) is 0 Å². The molecule has 0 bridgehead atoms. The molecular weight excluding hydrogens is 456 g/mol. The Morgan fingerprint density at radius 2 is 1.55 bits per heavy atom. The number of ether oxygens (including phenoxy) is 4. The fraction of sp³-hybridized carbons (Fsp3) is 0.524. The predicted octanol–water partition coefficient (Wildman–Crippen LogP) is 1.09. The second-order valence-electron chi connectivity index (χ2n) is 6.74.